The number of amides is 1. The zero-order valence-corrected chi connectivity index (χ0v) is 12.8. The molecule has 0 unspecified atom stereocenters. The van der Waals surface area contributed by atoms with E-state index in [-0.39, 0.29) is 17.0 Å². The minimum atomic E-state index is -0.966. The molecule has 0 saturated heterocycles. The molecule has 0 aliphatic carbocycles. The van der Waals surface area contributed by atoms with E-state index in [0.717, 1.165) is 6.07 Å². The van der Waals surface area contributed by atoms with Crippen molar-refractivity contribution in [3.8, 4) is 0 Å². The number of carbonyl (C=O) groups is 2. The lowest BCUT2D eigenvalue weighted by atomic mass is 10.2. The first-order valence-corrected chi connectivity index (χ1v) is 7.29. The average molecular weight is 341 g/mol. The van der Waals surface area contributed by atoms with Crippen molar-refractivity contribution in [2.45, 2.75) is 0 Å². The van der Waals surface area contributed by atoms with Crippen LogP contribution in [0.15, 0.2) is 63.8 Å². The van der Waals surface area contributed by atoms with Gasteiger partial charge in [0.05, 0.1) is 11.1 Å². The summed E-state index contributed by atoms with van der Waals surface area (Å²) < 4.78 is 23.5. The third-order valence-corrected chi connectivity index (χ3v) is 3.32. The van der Waals surface area contributed by atoms with Crippen LogP contribution >= 0.6 is 0 Å². The smallest absolute Gasteiger partial charge is 0.374 e. The molecule has 1 heterocycles. The summed E-state index contributed by atoms with van der Waals surface area (Å²) in [6, 6.07) is 13.0. The maximum Gasteiger partial charge on any atom is 0.374 e. The molecule has 0 spiro atoms. The van der Waals surface area contributed by atoms with Crippen molar-refractivity contribution in [1.82, 2.24) is 0 Å². The third-order valence-electron chi connectivity index (χ3n) is 3.32. The molecule has 1 aromatic heterocycles. The molecule has 2 aromatic carbocycles. The zero-order valence-electron chi connectivity index (χ0n) is 12.8. The van der Waals surface area contributed by atoms with Gasteiger partial charge in [-0.1, -0.05) is 24.3 Å². The van der Waals surface area contributed by atoms with Gasteiger partial charge >= 0.3 is 5.97 Å². The number of fused-ring (bicyclic) bond motifs is 1. The highest BCUT2D eigenvalue weighted by molar-refractivity contribution is 5.95. The number of carbonyl (C=O) groups excluding carboxylic acids is 2. The largest absolute Gasteiger partial charge is 0.450 e. The van der Waals surface area contributed by atoms with Gasteiger partial charge in [-0.05, 0) is 24.3 Å². The maximum absolute atomic E-state index is 13.4. The van der Waals surface area contributed by atoms with Gasteiger partial charge in [-0.3, -0.25) is 9.59 Å². The lowest BCUT2D eigenvalue weighted by molar-refractivity contribution is -0.119. The normalized spacial score (nSPS) is 10.4. The van der Waals surface area contributed by atoms with Crippen molar-refractivity contribution in [3.05, 3.63) is 76.4 Å². The van der Waals surface area contributed by atoms with E-state index in [1.807, 2.05) is 0 Å². The predicted octanol–water partition coefficient (Wildman–Crippen LogP) is 2.73. The molecule has 0 atom stereocenters. The lowest BCUT2D eigenvalue weighted by Crippen LogP contribution is -2.22. The van der Waals surface area contributed by atoms with E-state index < -0.39 is 29.7 Å². The van der Waals surface area contributed by atoms with Crippen molar-refractivity contribution < 1.29 is 23.1 Å². The number of nitrogens with one attached hydrogen (secondary N) is 1. The van der Waals surface area contributed by atoms with Crippen LogP contribution < -0.4 is 10.7 Å². The van der Waals surface area contributed by atoms with E-state index in [2.05, 4.69) is 5.32 Å². The van der Waals surface area contributed by atoms with Crippen molar-refractivity contribution in [3.63, 3.8) is 0 Å². The highest BCUT2D eigenvalue weighted by atomic mass is 19.1. The second-order valence-electron chi connectivity index (χ2n) is 5.08. The first-order valence-electron chi connectivity index (χ1n) is 7.29. The minimum Gasteiger partial charge on any atom is -0.450 e. The Bertz CT molecular complexity index is 1010. The van der Waals surface area contributed by atoms with Crippen molar-refractivity contribution in [1.29, 1.82) is 0 Å². The van der Waals surface area contributed by atoms with Crippen LogP contribution in [-0.2, 0) is 9.53 Å². The number of hydrogen-bond acceptors (Lipinski definition) is 5. The minimum absolute atomic E-state index is 0.0270. The number of anilines is 1. The maximum atomic E-state index is 13.4. The summed E-state index contributed by atoms with van der Waals surface area (Å²) in [5.41, 5.74) is -0.192. The van der Waals surface area contributed by atoms with E-state index in [1.165, 1.54) is 18.2 Å². The van der Waals surface area contributed by atoms with Gasteiger partial charge < -0.3 is 14.5 Å². The lowest BCUT2D eigenvalue weighted by Gasteiger charge is -2.07. The molecule has 0 radical (unpaired) electrons. The molecule has 0 fully saturated rings. The summed E-state index contributed by atoms with van der Waals surface area (Å²) in [6.07, 6.45) is 0. The van der Waals surface area contributed by atoms with Crippen LogP contribution in [0.3, 0.4) is 0 Å². The molecule has 3 rings (SSSR count). The van der Waals surface area contributed by atoms with Crippen LogP contribution in [0.4, 0.5) is 10.1 Å². The standard InChI is InChI=1S/C18H12FNO5/c19-12-6-2-3-7-13(12)20-17(22)10-24-18(23)16-9-14(21)11-5-1-4-8-15(11)25-16/h1-9H,10H2,(H,20,22). The third kappa shape index (κ3) is 3.72. The van der Waals surface area contributed by atoms with E-state index in [1.54, 1.807) is 30.3 Å². The first kappa shape index (κ1) is 16.4. The second-order valence-corrected chi connectivity index (χ2v) is 5.08. The topological polar surface area (TPSA) is 85.6 Å². The quantitative estimate of drug-likeness (QED) is 0.738. The molecule has 0 saturated carbocycles. The number of halogens is 1. The van der Waals surface area contributed by atoms with Crippen LogP contribution in [0.2, 0.25) is 0 Å². The van der Waals surface area contributed by atoms with Crippen LogP contribution in [0, 0.1) is 5.82 Å². The Morgan fingerprint density at radius 2 is 1.80 bits per heavy atom. The molecular formula is C18H12FNO5. The van der Waals surface area contributed by atoms with Crippen LogP contribution in [0.5, 0.6) is 0 Å². The molecule has 0 bridgehead atoms. The Morgan fingerprint density at radius 3 is 2.60 bits per heavy atom. The summed E-state index contributed by atoms with van der Waals surface area (Å²) >= 11 is 0. The van der Waals surface area contributed by atoms with Crippen LogP contribution in [0.1, 0.15) is 10.6 Å². The number of benzene rings is 2. The Balaban J connectivity index is 1.67. The predicted molar refractivity (Wildman–Crippen MR) is 87.8 cm³/mol. The van der Waals surface area contributed by atoms with E-state index in [4.69, 9.17) is 9.15 Å². The first-order chi connectivity index (χ1) is 12.0. The molecule has 0 aliphatic heterocycles. The van der Waals surface area contributed by atoms with Crippen molar-refractivity contribution >= 4 is 28.5 Å². The van der Waals surface area contributed by atoms with E-state index in [0.29, 0.717) is 5.39 Å². The molecule has 6 nitrogen and oxygen atoms in total. The molecule has 126 valence electrons. The molecule has 7 heteroatoms. The number of esters is 1. The molecular weight excluding hydrogens is 329 g/mol. The Labute approximate surface area is 140 Å². The second kappa shape index (κ2) is 6.96. The SMILES string of the molecule is O=C(COC(=O)c1cc(=O)c2ccccc2o1)Nc1ccccc1F. The van der Waals surface area contributed by atoms with Gasteiger partial charge in [-0.2, -0.15) is 0 Å². The fraction of sp³-hybridized carbons (Fsp3) is 0.0556. The van der Waals surface area contributed by atoms with Gasteiger partial charge in [0.2, 0.25) is 5.76 Å². The number of rotatable bonds is 4. The average Bonchev–Trinajstić information content (AvgIpc) is 2.61. The van der Waals surface area contributed by atoms with Gasteiger partial charge in [0.15, 0.2) is 12.0 Å². The Hall–Kier alpha value is -3.48. The van der Waals surface area contributed by atoms with Gasteiger partial charge in [0.25, 0.3) is 5.91 Å². The van der Waals surface area contributed by atoms with Crippen molar-refractivity contribution in [2.75, 3.05) is 11.9 Å². The summed E-state index contributed by atoms with van der Waals surface area (Å²) in [5, 5.41) is 2.60. The van der Waals surface area contributed by atoms with Crippen molar-refractivity contribution in [2.24, 2.45) is 0 Å². The Kier molecular flexibility index (Phi) is 4.56. The molecule has 3 aromatic rings. The number of hydrogen-bond donors (Lipinski definition) is 1. The highest BCUT2D eigenvalue weighted by Gasteiger charge is 2.16. The van der Waals surface area contributed by atoms with Gasteiger partial charge in [-0.25, -0.2) is 9.18 Å². The van der Waals surface area contributed by atoms with Gasteiger partial charge in [0, 0.05) is 6.07 Å². The number of ether oxygens (including phenoxy) is 1. The molecule has 0 aliphatic rings. The highest BCUT2D eigenvalue weighted by Crippen LogP contribution is 2.13. The van der Waals surface area contributed by atoms with Crippen LogP contribution in [-0.4, -0.2) is 18.5 Å². The molecule has 1 N–H and O–H groups in total. The Morgan fingerprint density at radius 1 is 1.08 bits per heavy atom. The summed E-state index contributed by atoms with van der Waals surface area (Å²) in [7, 11) is 0. The van der Waals surface area contributed by atoms with Crippen LogP contribution in [0.25, 0.3) is 11.0 Å². The summed E-state index contributed by atoms with van der Waals surface area (Å²) in [4.78, 5) is 35.6. The zero-order chi connectivity index (χ0) is 17.8. The summed E-state index contributed by atoms with van der Waals surface area (Å²) in [5.74, 6) is -2.61. The molecule has 25 heavy (non-hydrogen) atoms. The monoisotopic (exact) mass is 341 g/mol. The fourth-order valence-corrected chi connectivity index (χ4v) is 2.16. The molecule has 1 amide bonds. The fourth-order valence-electron chi connectivity index (χ4n) is 2.16. The van der Waals surface area contributed by atoms with E-state index >= 15 is 0 Å². The van der Waals surface area contributed by atoms with Gasteiger partial charge in [-0.15, -0.1) is 0 Å². The van der Waals surface area contributed by atoms with Gasteiger partial charge in [0.1, 0.15) is 11.4 Å². The number of para-hydroxylation sites is 2. The summed E-state index contributed by atoms with van der Waals surface area (Å²) in [6.45, 7) is -0.649. The van der Waals surface area contributed by atoms with E-state index in [9.17, 15) is 18.8 Å².